The molecule has 0 saturated carbocycles. The number of fused-ring (bicyclic) bond motifs is 1. The fourth-order valence-corrected chi connectivity index (χ4v) is 3.41. The number of nitrogens with zero attached hydrogens (tertiary/aromatic N) is 3. The van der Waals surface area contributed by atoms with Crippen LogP contribution in [0.1, 0.15) is 25.3 Å². The molecule has 3 heterocycles. The molecule has 6 nitrogen and oxygen atoms in total. The molecule has 1 aliphatic heterocycles. The van der Waals surface area contributed by atoms with Crippen LogP contribution in [0.5, 0.6) is 5.75 Å². The molecule has 1 fully saturated rings. The Bertz CT molecular complexity index is 873. The molecule has 0 aliphatic carbocycles. The van der Waals surface area contributed by atoms with Crippen molar-refractivity contribution in [3.63, 3.8) is 0 Å². The fraction of sp³-hybridized carbons (Fsp3) is 0.400. The molecular weight excluding hydrogens is 347 g/mol. The van der Waals surface area contributed by atoms with Gasteiger partial charge in [-0.25, -0.2) is 9.37 Å². The van der Waals surface area contributed by atoms with Crippen molar-refractivity contribution < 1.29 is 13.5 Å². The minimum Gasteiger partial charge on any atom is -0.491 e. The lowest BCUT2D eigenvalue weighted by molar-refractivity contribution is 0.210. The van der Waals surface area contributed by atoms with E-state index >= 15 is 0 Å². The number of halogens is 1. The summed E-state index contributed by atoms with van der Waals surface area (Å²) in [6.07, 6.45) is 3.69. The van der Waals surface area contributed by atoms with Crippen molar-refractivity contribution in [2.45, 2.75) is 32.4 Å². The van der Waals surface area contributed by atoms with E-state index in [2.05, 4.69) is 20.2 Å². The molecule has 1 saturated heterocycles. The van der Waals surface area contributed by atoms with E-state index in [4.69, 9.17) is 9.15 Å². The molecular formula is C20H23FN4O2. The Kier molecular flexibility index (Phi) is 5.20. The zero-order valence-corrected chi connectivity index (χ0v) is 15.3. The quantitative estimate of drug-likeness (QED) is 0.711. The number of hydrogen-bond acceptors (Lipinski definition) is 6. The van der Waals surface area contributed by atoms with Crippen molar-refractivity contribution in [2.75, 3.05) is 25.0 Å². The number of anilines is 1. The van der Waals surface area contributed by atoms with E-state index in [1.165, 1.54) is 6.07 Å². The number of benzene rings is 1. The number of pyridine rings is 1. The molecule has 0 spiro atoms. The molecule has 0 unspecified atom stereocenters. The largest absolute Gasteiger partial charge is 0.491 e. The zero-order chi connectivity index (χ0) is 18.6. The van der Waals surface area contributed by atoms with Crippen molar-refractivity contribution in [3.8, 4) is 5.75 Å². The maximum absolute atomic E-state index is 13.7. The van der Waals surface area contributed by atoms with E-state index in [0.717, 1.165) is 38.0 Å². The SMILES string of the molecule is CCOc1cc(CN2CCC(Nc3nc4ncccc4o3)CC2)ccc1F. The van der Waals surface area contributed by atoms with Crippen LogP contribution in [-0.2, 0) is 6.54 Å². The minimum atomic E-state index is -0.309. The van der Waals surface area contributed by atoms with Crippen LogP contribution in [0.4, 0.5) is 10.4 Å². The molecule has 2 aromatic heterocycles. The highest BCUT2D eigenvalue weighted by Gasteiger charge is 2.21. The Morgan fingerprint density at radius 2 is 2.15 bits per heavy atom. The van der Waals surface area contributed by atoms with Gasteiger partial charge in [0.2, 0.25) is 5.65 Å². The maximum atomic E-state index is 13.7. The van der Waals surface area contributed by atoms with Gasteiger partial charge in [-0.15, -0.1) is 0 Å². The van der Waals surface area contributed by atoms with Gasteiger partial charge in [0, 0.05) is 31.9 Å². The van der Waals surface area contributed by atoms with Gasteiger partial charge >= 0.3 is 0 Å². The van der Waals surface area contributed by atoms with Crippen LogP contribution in [0.15, 0.2) is 40.9 Å². The molecule has 0 bridgehead atoms. The number of piperidine rings is 1. The lowest BCUT2D eigenvalue weighted by Crippen LogP contribution is -2.38. The van der Waals surface area contributed by atoms with Crippen LogP contribution in [0.25, 0.3) is 11.2 Å². The van der Waals surface area contributed by atoms with Gasteiger partial charge in [0.15, 0.2) is 17.1 Å². The summed E-state index contributed by atoms with van der Waals surface area (Å²) in [7, 11) is 0. The van der Waals surface area contributed by atoms with Crippen LogP contribution in [0, 0.1) is 5.82 Å². The van der Waals surface area contributed by atoms with E-state index in [1.54, 1.807) is 12.3 Å². The summed E-state index contributed by atoms with van der Waals surface area (Å²) in [5.41, 5.74) is 2.38. The van der Waals surface area contributed by atoms with Gasteiger partial charge in [0.05, 0.1) is 6.61 Å². The van der Waals surface area contributed by atoms with Crippen molar-refractivity contribution in [1.29, 1.82) is 0 Å². The smallest absolute Gasteiger partial charge is 0.297 e. The second kappa shape index (κ2) is 7.92. The molecule has 1 N–H and O–H groups in total. The standard InChI is InChI=1S/C20H23FN4O2/c1-2-26-18-12-14(5-6-16(18)21)13-25-10-7-15(8-11-25)23-20-24-19-17(27-20)4-3-9-22-19/h3-6,9,12,15H,2,7-8,10-11,13H2,1H3,(H,22,23,24). The second-order valence-electron chi connectivity index (χ2n) is 6.74. The second-order valence-corrected chi connectivity index (χ2v) is 6.74. The summed E-state index contributed by atoms with van der Waals surface area (Å²) in [6, 6.07) is 9.66. The van der Waals surface area contributed by atoms with E-state index in [9.17, 15) is 4.39 Å². The molecule has 7 heteroatoms. The molecule has 4 rings (SSSR count). The topological polar surface area (TPSA) is 63.4 Å². The van der Waals surface area contributed by atoms with Gasteiger partial charge in [-0.3, -0.25) is 4.90 Å². The molecule has 1 aromatic carbocycles. The Morgan fingerprint density at radius 3 is 2.93 bits per heavy atom. The predicted octanol–water partition coefficient (Wildman–Crippen LogP) is 3.84. The highest BCUT2D eigenvalue weighted by molar-refractivity contribution is 5.69. The number of nitrogens with one attached hydrogen (secondary N) is 1. The first-order valence-electron chi connectivity index (χ1n) is 9.33. The molecule has 0 atom stereocenters. The monoisotopic (exact) mass is 370 g/mol. The summed E-state index contributed by atoms with van der Waals surface area (Å²) < 4.78 is 24.7. The first-order chi connectivity index (χ1) is 13.2. The lowest BCUT2D eigenvalue weighted by Gasteiger charge is -2.32. The molecule has 1 aliphatic rings. The number of oxazole rings is 1. The summed E-state index contributed by atoms with van der Waals surface area (Å²) >= 11 is 0. The zero-order valence-electron chi connectivity index (χ0n) is 15.3. The first-order valence-corrected chi connectivity index (χ1v) is 9.33. The Balaban J connectivity index is 1.31. The van der Waals surface area contributed by atoms with Crippen LogP contribution in [0.2, 0.25) is 0 Å². The normalized spacial score (nSPS) is 15.9. The number of hydrogen-bond donors (Lipinski definition) is 1. The van der Waals surface area contributed by atoms with E-state index < -0.39 is 0 Å². The van der Waals surface area contributed by atoms with Crippen molar-refractivity contribution in [3.05, 3.63) is 47.9 Å². The number of likely N-dealkylation sites (tertiary alicyclic amines) is 1. The van der Waals surface area contributed by atoms with Crippen molar-refractivity contribution in [1.82, 2.24) is 14.9 Å². The third-order valence-corrected chi connectivity index (χ3v) is 4.78. The average molecular weight is 370 g/mol. The number of ether oxygens (including phenoxy) is 1. The molecule has 0 amide bonds. The summed E-state index contributed by atoms with van der Waals surface area (Å²) in [4.78, 5) is 10.9. The number of rotatable bonds is 6. The van der Waals surface area contributed by atoms with E-state index in [0.29, 0.717) is 35.6 Å². The average Bonchev–Trinajstić information content (AvgIpc) is 3.08. The lowest BCUT2D eigenvalue weighted by atomic mass is 10.0. The Morgan fingerprint density at radius 1 is 1.30 bits per heavy atom. The van der Waals surface area contributed by atoms with Gasteiger partial charge in [-0.05, 0) is 49.6 Å². The molecule has 0 radical (unpaired) electrons. The summed E-state index contributed by atoms with van der Waals surface area (Å²) in [6.45, 7) is 5.02. The molecule has 27 heavy (non-hydrogen) atoms. The highest BCUT2D eigenvalue weighted by Crippen LogP contribution is 2.23. The highest BCUT2D eigenvalue weighted by atomic mass is 19.1. The van der Waals surface area contributed by atoms with Crippen LogP contribution in [0.3, 0.4) is 0 Å². The fourth-order valence-electron chi connectivity index (χ4n) is 3.41. The first kappa shape index (κ1) is 17.7. The minimum absolute atomic E-state index is 0.309. The third kappa shape index (κ3) is 4.19. The van der Waals surface area contributed by atoms with Crippen molar-refractivity contribution in [2.24, 2.45) is 0 Å². The Hall–Kier alpha value is -2.67. The summed E-state index contributed by atoms with van der Waals surface area (Å²) in [5.74, 6) is 0.0208. The summed E-state index contributed by atoms with van der Waals surface area (Å²) in [5, 5.41) is 3.37. The Labute approximate surface area is 157 Å². The number of aromatic nitrogens is 2. The van der Waals surface area contributed by atoms with Crippen molar-refractivity contribution >= 4 is 17.2 Å². The van der Waals surface area contributed by atoms with Crippen LogP contribution >= 0.6 is 0 Å². The van der Waals surface area contributed by atoms with Gasteiger partial charge in [-0.1, -0.05) is 6.07 Å². The predicted molar refractivity (Wildman–Crippen MR) is 101 cm³/mol. The van der Waals surface area contributed by atoms with Gasteiger partial charge in [0.1, 0.15) is 0 Å². The third-order valence-electron chi connectivity index (χ3n) is 4.78. The molecule has 142 valence electrons. The van der Waals surface area contributed by atoms with Gasteiger partial charge in [0.25, 0.3) is 6.01 Å². The van der Waals surface area contributed by atoms with E-state index in [-0.39, 0.29) is 5.82 Å². The van der Waals surface area contributed by atoms with Gasteiger partial charge < -0.3 is 14.5 Å². The molecule has 3 aromatic rings. The van der Waals surface area contributed by atoms with Crippen LogP contribution in [-0.4, -0.2) is 40.6 Å². The van der Waals surface area contributed by atoms with Gasteiger partial charge in [-0.2, -0.15) is 4.98 Å². The maximum Gasteiger partial charge on any atom is 0.297 e. The van der Waals surface area contributed by atoms with E-state index in [1.807, 2.05) is 25.1 Å². The van der Waals surface area contributed by atoms with Crippen LogP contribution < -0.4 is 10.1 Å².